The van der Waals surface area contributed by atoms with Gasteiger partial charge in [-0.05, 0) is 55.2 Å². The molecule has 0 radical (unpaired) electrons. The lowest BCUT2D eigenvalue weighted by Crippen LogP contribution is -2.24. The van der Waals surface area contributed by atoms with E-state index >= 15 is 0 Å². The summed E-state index contributed by atoms with van der Waals surface area (Å²) in [7, 11) is 0. The van der Waals surface area contributed by atoms with E-state index in [0.717, 1.165) is 38.6 Å². The van der Waals surface area contributed by atoms with Crippen molar-refractivity contribution < 1.29 is 4.79 Å². The second-order valence-corrected chi connectivity index (χ2v) is 7.00. The summed E-state index contributed by atoms with van der Waals surface area (Å²) in [5, 5.41) is 2.95. The molecular formula is C19H33ClN2O. The molecule has 4 heteroatoms. The summed E-state index contributed by atoms with van der Waals surface area (Å²) >= 11 is 0. The van der Waals surface area contributed by atoms with Crippen molar-refractivity contribution in [3.05, 3.63) is 35.4 Å². The number of rotatable bonds is 9. The average Bonchev–Trinajstić information content (AvgIpc) is 2.48. The van der Waals surface area contributed by atoms with Crippen LogP contribution < -0.4 is 11.1 Å². The number of nitrogens with two attached hydrogens (primary N) is 1. The second kappa shape index (κ2) is 11.5. The Morgan fingerprint density at radius 3 is 2.26 bits per heavy atom. The number of amides is 1. The SMILES string of the molecule is CC(C)(C)c1ccc(CCCCC(=O)NCCCCN)cc1.Cl. The van der Waals surface area contributed by atoms with E-state index in [-0.39, 0.29) is 23.7 Å². The van der Waals surface area contributed by atoms with E-state index in [9.17, 15) is 4.79 Å². The van der Waals surface area contributed by atoms with Gasteiger partial charge in [0.1, 0.15) is 0 Å². The molecule has 0 heterocycles. The number of benzene rings is 1. The summed E-state index contributed by atoms with van der Waals surface area (Å²) in [6.45, 7) is 8.14. The van der Waals surface area contributed by atoms with E-state index in [1.165, 1.54) is 11.1 Å². The molecule has 0 fully saturated rings. The van der Waals surface area contributed by atoms with E-state index in [1.807, 2.05) is 0 Å². The largest absolute Gasteiger partial charge is 0.356 e. The molecule has 1 rings (SSSR count). The van der Waals surface area contributed by atoms with Crippen molar-refractivity contribution >= 4 is 18.3 Å². The molecule has 1 aromatic carbocycles. The fourth-order valence-electron chi connectivity index (χ4n) is 2.37. The van der Waals surface area contributed by atoms with Crippen LogP contribution in [0, 0.1) is 0 Å². The first-order valence-electron chi connectivity index (χ1n) is 8.49. The summed E-state index contributed by atoms with van der Waals surface area (Å²) < 4.78 is 0. The van der Waals surface area contributed by atoms with E-state index < -0.39 is 0 Å². The normalized spacial score (nSPS) is 11.0. The predicted molar refractivity (Wildman–Crippen MR) is 101 cm³/mol. The van der Waals surface area contributed by atoms with E-state index in [2.05, 4.69) is 50.4 Å². The number of halogens is 1. The third-order valence-electron chi connectivity index (χ3n) is 3.89. The van der Waals surface area contributed by atoms with Gasteiger partial charge in [-0.25, -0.2) is 0 Å². The first-order valence-corrected chi connectivity index (χ1v) is 8.49. The van der Waals surface area contributed by atoms with Crippen LogP contribution in [0.15, 0.2) is 24.3 Å². The van der Waals surface area contributed by atoms with Gasteiger partial charge in [0.15, 0.2) is 0 Å². The van der Waals surface area contributed by atoms with Crippen molar-refractivity contribution in [2.75, 3.05) is 13.1 Å². The van der Waals surface area contributed by atoms with Crippen molar-refractivity contribution in [3.8, 4) is 0 Å². The molecule has 0 saturated carbocycles. The van der Waals surface area contributed by atoms with Gasteiger partial charge >= 0.3 is 0 Å². The molecular weight excluding hydrogens is 308 g/mol. The van der Waals surface area contributed by atoms with Crippen LogP contribution in [-0.2, 0) is 16.6 Å². The van der Waals surface area contributed by atoms with Crippen LogP contribution in [0.1, 0.15) is 64.0 Å². The van der Waals surface area contributed by atoms with Crippen LogP contribution in [0.25, 0.3) is 0 Å². The van der Waals surface area contributed by atoms with Gasteiger partial charge in [0.05, 0.1) is 0 Å². The first kappa shape index (κ1) is 21.9. The molecule has 0 aliphatic carbocycles. The molecule has 3 nitrogen and oxygen atoms in total. The van der Waals surface area contributed by atoms with Crippen molar-refractivity contribution in [1.29, 1.82) is 0 Å². The molecule has 0 aliphatic rings. The lowest BCUT2D eigenvalue weighted by molar-refractivity contribution is -0.121. The molecule has 23 heavy (non-hydrogen) atoms. The molecule has 0 bridgehead atoms. The monoisotopic (exact) mass is 340 g/mol. The molecule has 1 aromatic rings. The fourth-order valence-corrected chi connectivity index (χ4v) is 2.37. The van der Waals surface area contributed by atoms with Gasteiger partial charge in [-0.15, -0.1) is 12.4 Å². The highest BCUT2D eigenvalue weighted by Gasteiger charge is 2.12. The molecule has 0 unspecified atom stereocenters. The summed E-state index contributed by atoms with van der Waals surface area (Å²) in [5.41, 5.74) is 8.35. The maximum absolute atomic E-state index is 11.6. The Bertz CT molecular complexity index is 438. The topological polar surface area (TPSA) is 55.1 Å². The molecule has 0 aliphatic heterocycles. The Morgan fingerprint density at radius 2 is 1.70 bits per heavy atom. The molecule has 0 saturated heterocycles. The number of hydrogen-bond donors (Lipinski definition) is 2. The zero-order valence-corrected chi connectivity index (χ0v) is 15.7. The smallest absolute Gasteiger partial charge is 0.219 e. The fraction of sp³-hybridized carbons (Fsp3) is 0.632. The van der Waals surface area contributed by atoms with Crippen LogP contribution in [0.5, 0.6) is 0 Å². The van der Waals surface area contributed by atoms with Gasteiger partial charge in [-0.3, -0.25) is 4.79 Å². The number of carbonyl (C=O) groups is 1. The minimum atomic E-state index is 0. The van der Waals surface area contributed by atoms with Crippen molar-refractivity contribution in [2.45, 2.75) is 64.7 Å². The number of carbonyl (C=O) groups excluding carboxylic acids is 1. The highest BCUT2D eigenvalue weighted by molar-refractivity contribution is 5.85. The number of unbranched alkanes of at least 4 members (excludes halogenated alkanes) is 2. The van der Waals surface area contributed by atoms with Gasteiger partial charge in [-0.1, -0.05) is 45.0 Å². The Kier molecular flexibility index (Phi) is 10.9. The van der Waals surface area contributed by atoms with Crippen LogP contribution in [0.3, 0.4) is 0 Å². The number of hydrogen-bond acceptors (Lipinski definition) is 2. The molecule has 3 N–H and O–H groups in total. The van der Waals surface area contributed by atoms with Gasteiger partial charge in [0.2, 0.25) is 5.91 Å². The van der Waals surface area contributed by atoms with Crippen LogP contribution in [0.4, 0.5) is 0 Å². The zero-order chi connectivity index (χ0) is 16.4. The number of aryl methyl sites for hydroxylation is 1. The summed E-state index contributed by atoms with van der Waals surface area (Å²) in [6, 6.07) is 8.87. The van der Waals surface area contributed by atoms with Gasteiger partial charge in [-0.2, -0.15) is 0 Å². The summed E-state index contributed by atoms with van der Waals surface area (Å²) in [4.78, 5) is 11.6. The summed E-state index contributed by atoms with van der Waals surface area (Å²) in [6.07, 6.45) is 5.63. The highest BCUT2D eigenvalue weighted by Crippen LogP contribution is 2.22. The second-order valence-electron chi connectivity index (χ2n) is 7.00. The quantitative estimate of drug-likeness (QED) is 0.668. The van der Waals surface area contributed by atoms with Gasteiger partial charge in [0.25, 0.3) is 0 Å². The standard InChI is InChI=1S/C19H32N2O.ClH/c1-19(2,3)17-12-10-16(11-13-17)8-4-5-9-18(22)21-15-7-6-14-20;/h10-13H,4-9,14-15,20H2,1-3H3,(H,21,22);1H. The van der Waals surface area contributed by atoms with Gasteiger partial charge in [0, 0.05) is 13.0 Å². The van der Waals surface area contributed by atoms with E-state index in [1.54, 1.807) is 0 Å². The number of nitrogens with one attached hydrogen (secondary N) is 1. The predicted octanol–water partition coefficient (Wildman–Crippen LogP) is 3.97. The maximum Gasteiger partial charge on any atom is 0.219 e. The lowest BCUT2D eigenvalue weighted by Gasteiger charge is -2.19. The van der Waals surface area contributed by atoms with Gasteiger partial charge < -0.3 is 11.1 Å². The van der Waals surface area contributed by atoms with E-state index in [4.69, 9.17) is 5.73 Å². The molecule has 0 atom stereocenters. The molecule has 0 aromatic heterocycles. The molecule has 1 amide bonds. The molecule has 132 valence electrons. The van der Waals surface area contributed by atoms with Crippen LogP contribution in [-0.4, -0.2) is 19.0 Å². The van der Waals surface area contributed by atoms with Crippen molar-refractivity contribution in [2.24, 2.45) is 5.73 Å². The zero-order valence-electron chi connectivity index (χ0n) is 14.9. The van der Waals surface area contributed by atoms with E-state index in [0.29, 0.717) is 13.0 Å². The first-order chi connectivity index (χ1) is 10.4. The third kappa shape index (κ3) is 9.62. The maximum atomic E-state index is 11.6. The Balaban J connectivity index is 0.00000484. The van der Waals surface area contributed by atoms with Crippen LogP contribution >= 0.6 is 12.4 Å². The minimum Gasteiger partial charge on any atom is -0.356 e. The Morgan fingerprint density at radius 1 is 1.04 bits per heavy atom. The Hall–Kier alpha value is -1.06. The average molecular weight is 341 g/mol. The highest BCUT2D eigenvalue weighted by atomic mass is 35.5. The van der Waals surface area contributed by atoms with Crippen molar-refractivity contribution in [3.63, 3.8) is 0 Å². The molecule has 0 spiro atoms. The minimum absolute atomic E-state index is 0. The third-order valence-corrected chi connectivity index (χ3v) is 3.89. The van der Waals surface area contributed by atoms with Crippen LogP contribution in [0.2, 0.25) is 0 Å². The Labute approximate surface area is 147 Å². The summed E-state index contributed by atoms with van der Waals surface area (Å²) in [5.74, 6) is 0.167. The van der Waals surface area contributed by atoms with Crippen molar-refractivity contribution in [1.82, 2.24) is 5.32 Å². The lowest BCUT2D eigenvalue weighted by atomic mass is 9.86.